The zero-order chi connectivity index (χ0) is 24.2. The summed E-state index contributed by atoms with van der Waals surface area (Å²) in [5.41, 5.74) is 1.93. The Morgan fingerprint density at radius 1 is 0.941 bits per heavy atom. The van der Waals surface area contributed by atoms with Gasteiger partial charge in [0, 0.05) is 38.6 Å². The number of pyridine rings is 1. The van der Waals surface area contributed by atoms with E-state index in [1.165, 1.54) is 11.8 Å². The number of hydrogen-bond donors (Lipinski definition) is 0. The Morgan fingerprint density at radius 3 is 2.26 bits per heavy atom. The van der Waals surface area contributed by atoms with Gasteiger partial charge in [-0.1, -0.05) is 76.4 Å². The quantitative estimate of drug-likeness (QED) is 0.171. The first-order chi connectivity index (χ1) is 16.4. The van der Waals surface area contributed by atoms with Crippen LogP contribution in [-0.4, -0.2) is 19.3 Å². The van der Waals surface area contributed by atoms with Crippen LogP contribution in [0.25, 0.3) is 11.4 Å². The van der Waals surface area contributed by atoms with Gasteiger partial charge >= 0.3 is 0 Å². The first-order valence-electron chi connectivity index (χ1n) is 10.1. The Labute approximate surface area is 220 Å². The fraction of sp³-hybridized carbons (Fsp3) is 0.125. The monoisotopic (exact) mass is 550 g/mol. The Kier molecular flexibility index (Phi) is 8.06. The van der Waals surface area contributed by atoms with E-state index in [2.05, 4.69) is 16.8 Å². The van der Waals surface area contributed by atoms with Gasteiger partial charge in [-0.2, -0.15) is 0 Å². The number of hydrogen-bond acceptors (Lipinski definition) is 4. The summed E-state index contributed by atoms with van der Waals surface area (Å²) in [6.07, 6.45) is 3.45. The van der Waals surface area contributed by atoms with E-state index in [9.17, 15) is 4.79 Å². The summed E-state index contributed by atoms with van der Waals surface area (Å²) in [4.78, 5) is 13.3. The summed E-state index contributed by atoms with van der Waals surface area (Å²) in [5.74, 6) is 1.03. The van der Waals surface area contributed by atoms with E-state index in [-0.39, 0.29) is 5.56 Å². The number of halogens is 4. The minimum atomic E-state index is -0.205. The molecule has 0 bridgehead atoms. The number of benzene rings is 2. The Hall–Kier alpha value is -2.22. The van der Waals surface area contributed by atoms with Crippen LogP contribution in [0.4, 0.5) is 0 Å². The van der Waals surface area contributed by atoms with Gasteiger partial charge in [0.1, 0.15) is 0 Å². The topological polar surface area (TPSA) is 52.7 Å². The van der Waals surface area contributed by atoms with Crippen molar-refractivity contribution in [1.82, 2.24) is 19.3 Å². The summed E-state index contributed by atoms with van der Waals surface area (Å²) in [6.45, 7) is 4.58. The molecule has 0 spiro atoms. The third-order valence-electron chi connectivity index (χ3n) is 5.02. The fourth-order valence-corrected chi connectivity index (χ4v) is 5.31. The summed E-state index contributed by atoms with van der Waals surface area (Å²) < 4.78 is 3.44. The van der Waals surface area contributed by atoms with Crippen LogP contribution < -0.4 is 5.56 Å². The molecule has 0 fully saturated rings. The molecule has 34 heavy (non-hydrogen) atoms. The first kappa shape index (κ1) is 24.9. The van der Waals surface area contributed by atoms with E-state index in [0.717, 1.165) is 11.1 Å². The lowest BCUT2D eigenvalue weighted by Crippen LogP contribution is -2.22. The smallest absolute Gasteiger partial charge is 0.261 e. The molecule has 2 aromatic carbocycles. The minimum absolute atomic E-state index is 0.205. The maximum absolute atomic E-state index is 13.3. The van der Waals surface area contributed by atoms with Crippen molar-refractivity contribution in [3.05, 3.63) is 109 Å². The van der Waals surface area contributed by atoms with Crippen LogP contribution in [-0.2, 0) is 18.8 Å². The second-order valence-corrected chi connectivity index (χ2v) is 9.95. The fourth-order valence-electron chi connectivity index (χ4n) is 3.33. The maximum atomic E-state index is 13.3. The number of nitrogens with zero attached hydrogens (tertiary/aromatic N) is 4. The van der Waals surface area contributed by atoms with Crippen LogP contribution >= 0.6 is 58.2 Å². The van der Waals surface area contributed by atoms with Crippen molar-refractivity contribution in [3.63, 3.8) is 0 Å². The van der Waals surface area contributed by atoms with Gasteiger partial charge in [0.05, 0.1) is 12.1 Å². The van der Waals surface area contributed by atoms with Crippen LogP contribution in [0.15, 0.2) is 77.3 Å². The van der Waals surface area contributed by atoms with Crippen LogP contribution in [0.3, 0.4) is 0 Å². The predicted octanol–water partition coefficient (Wildman–Crippen LogP) is 7.25. The molecular formula is C24H18Cl4N4OS. The van der Waals surface area contributed by atoms with E-state index in [1.54, 1.807) is 59.3 Å². The van der Waals surface area contributed by atoms with Crippen LogP contribution in [0.5, 0.6) is 0 Å². The summed E-state index contributed by atoms with van der Waals surface area (Å²) in [6, 6.07) is 14.1. The van der Waals surface area contributed by atoms with Gasteiger partial charge in [-0.3, -0.25) is 9.36 Å². The van der Waals surface area contributed by atoms with Gasteiger partial charge in [-0.05, 0) is 47.5 Å². The Bertz CT molecular complexity index is 1420. The molecule has 0 saturated heterocycles. The molecule has 4 aromatic rings. The van der Waals surface area contributed by atoms with E-state index >= 15 is 0 Å². The van der Waals surface area contributed by atoms with Crippen molar-refractivity contribution >= 4 is 58.2 Å². The third kappa shape index (κ3) is 5.53. The van der Waals surface area contributed by atoms with Crippen molar-refractivity contribution in [1.29, 1.82) is 0 Å². The van der Waals surface area contributed by atoms with Crippen molar-refractivity contribution in [3.8, 4) is 11.4 Å². The lowest BCUT2D eigenvalue weighted by Gasteiger charge is -2.11. The molecule has 0 atom stereocenters. The molecule has 0 unspecified atom stereocenters. The lowest BCUT2D eigenvalue weighted by molar-refractivity contribution is 0.724. The van der Waals surface area contributed by atoms with E-state index < -0.39 is 0 Å². The average molecular weight is 552 g/mol. The Morgan fingerprint density at radius 2 is 1.62 bits per heavy atom. The normalized spacial score (nSPS) is 11.1. The highest BCUT2D eigenvalue weighted by Crippen LogP contribution is 2.29. The summed E-state index contributed by atoms with van der Waals surface area (Å²) in [5, 5.41) is 11.5. The van der Waals surface area contributed by atoms with Gasteiger partial charge in [0.2, 0.25) is 0 Å². The SMILES string of the molecule is C=CCn1c(SCc2ccc(Cl)cc2Cl)nnc1-c1cccn(Cc2ccc(Cl)cc2Cl)c1=O. The number of allylic oxidation sites excluding steroid dienone is 1. The van der Waals surface area contributed by atoms with Crippen LogP contribution in [0.1, 0.15) is 11.1 Å². The highest BCUT2D eigenvalue weighted by atomic mass is 35.5. The molecule has 0 aliphatic heterocycles. The number of thioether (sulfide) groups is 1. The molecule has 0 amide bonds. The zero-order valence-corrected chi connectivity index (χ0v) is 21.6. The third-order valence-corrected chi connectivity index (χ3v) is 7.21. The van der Waals surface area contributed by atoms with Crippen molar-refractivity contribution in [2.75, 3.05) is 0 Å². The van der Waals surface area contributed by atoms with E-state index in [1.807, 2.05) is 10.6 Å². The molecule has 0 N–H and O–H groups in total. The average Bonchev–Trinajstić information content (AvgIpc) is 3.19. The van der Waals surface area contributed by atoms with Gasteiger partial charge in [-0.25, -0.2) is 0 Å². The van der Waals surface area contributed by atoms with Crippen LogP contribution in [0.2, 0.25) is 20.1 Å². The second-order valence-electron chi connectivity index (χ2n) is 7.32. The number of rotatable bonds is 8. The molecule has 0 radical (unpaired) electrons. The molecule has 0 saturated carbocycles. The number of aromatic nitrogens is 4. The van der Waals surface area contributed by atoms with Gasteiger partial charge in [-0.15, -0.1) is 16.8 Å². The molecule has 10 heteroatoms. The second kappa shape index (κ2) is 11.0. The molecule has 2 aromatic heterocycles. The van der Waals surface area contributed by atoms with Crippen molar-refractivity contribution < 1.29 is 0 Å². The highest BCUT2D eigenvalue weighted by molar-refractivity contribution is 7.98. The lowest BCUT2D eigenvalue weighted by atomic mass is 10.2. The van der Waals surface area contributed by atoms with Gasteiger partial charge < -0.3 is 4.57 Å². The summed E-state index contributed by atoms with van der Waals surface area (Å²) in [7, 11) is 0. The highest BCUT2D eigenvalue weighted by Gasteiger charge is 2.18. The molecule has 5 nitrogen and oxygen atoms in total. The van der Waals surface area contributed by atoms with Crippen LogP contribution in [0, 0.1) is 0 Å². The first-order valence-corrected chi connectivity index (χ1v) is 12.6. The molecule has 0 aliphatic rings. The van der Waals surface area contributed by atoms with Crippen molar-refractivity contribution in [2.45, 2.75) is 24.0 Å². The molecule has 0 aliphatic carbocycles. The largest absolute Gasteiger partial charge is 0.310 e. The zero-order valence-electron chi connectivity index (χ0n) is 17.7. The summed E-state index contributed by atoms with van der Waals surface area (Å²) >= 11 is 26.1. The van der Waals surface area contributed by atoms with Gasteiger partial charge in [0.25, 0.3) is 5.56 Å². The van der Waals surface area contributed by atoms with Crippen molar-refractivity contribution in [2.24, 2.45) is 0 Å². The van der Waals surface area contributed by atoms with Gasteiger partial charge in [0.15, 0.2) is 11.0 Å². The Balaban J connectivity index is 1.65. The standard InChI is InChI=1S/C24H18Cl4N4OS/c1-2-9-32-22(29-30-24(32)34-14-16-6-8-18(26)12-21(16)28)19-4-3-10-31(23(19)33)13-15-5-7-17(25)11-20(15)27/h2-8,10-12H,1,9,13-14H2. The van der Waals surface area contributed by atoms with E-state index in [0.29, 0.717) is 55.5 Å². The maximum Gasteiger partial charge on any atom is 0.261 e. The van der Waals surface area contributed by atoms with E-state index in [4.69, 9.17) is 46.4 Å². The predicted molar refractivity (Wildman–Crippen MR) is 142 cm³/mol. The molecular weight excluding hydrogens is 534 g/mol. The molecule has 2 heterocycles. The minimum Gasteiger partial charge on any atom is -0.310 e. The molecule has 174 valence electrons. The molecule has 4 rings (SSSR count).